The van der Waals surface area contributed by atoms with Crippen LogP contribution in [0, 0.1) is 19.8 Å². The molecule has 1 aliphatic rings. The number of carbonyl (C=O) groups is 2. The third kappa shape index (κ3) is 4.49. The van der Waals surface area contributed by atoms with Crippen molar-refractivity contribution in [3.8, 4) is 0 Å². The van der Waals surface area contributed by atoms with Crippen molar-refractivity contribution in [1.82, 2.24) is 20.1 Å². The topological polar surface area (TPSA) is 80.1 Å². The maximum Gasteiger partial charge on any atom is 0.228 e. The van der Waals surface area contributed by atoms with Crippen LogP contribution < -0.4 is 10.2 Å². The number of amides is 2. The quantitative estimate of drug-likeness (QED) is 0.803. The summed E-state index contributed by atoms with van der Waals surface area (Å²) < 4.78 is 1.98. The Morgan fingerprint density at radius 3 is 2.88 bits per heavy atom. The van der Waals surface area contributed by atoms with Crippen LogP contribution in [0.5, 0.6) is 0 Å². The summed E-state index contributed by atoms with van der Waals surface area (Å²) in [6.07, 6.45) is 1.70. The molecule has 0 bridgehead atoms. The van der Waals surface area contributed by atoms with E-state index in [2.05, 4.69) is 28.4 Å². The Labute approximate surface area is 157 Å². The normalized spacial score (nSPS) is 15.5. The minimum Gasteiger partial charge on any atom is -0.355 e. The fourth-order valence-electron chi connectivity index (χ4n) is 3.09. The standard InChI is InChI=1S/C18H25N5O2S/c1-12(10-23-14(3)7-13(2)21-23)9-19-16(24)8-15-11-26-18(20-15)22-6-4-5-17(22)25/h7,11-12H,4-6,8-10H2,1-3H3,(H,19,24)/t12-/m0/s1. The molecule has 1 saturated heterocycles. The monoisotopic (exact) mass is 375 g/mol. The molecular weight excluding hydrogens is 350 g/mol. The van der Waals surface area contributed by atoms with Crippen LogP contribution in [0.4, 0.5) is 5.13 Å². The van der Waals surface area contributed by atoms with Gasteiger partial charge in [-0.05, 0) is 32.3 Å². The molecule has 2 amide bonds. The molecule has 0 aromatic carbocycles. The van der Waals surface area contributed by atoms with Crippen molar-refractivity contribution in [2.75, 3.05) is 18.0 Å². The van der Waals surface area contributed by atoms with Crippen LogP contribution in [-0.2, 0) is 22.6 Å². The second kappa shape index (κ2) is 7.99. The lowest BCUT2D eigenvalue weighted by Crippen LogP contribution is -2.31. The van der Waals surface area contributed by atoms with Crippen molar-refractivity contribution in [3.63, 3.8) is 0 Å². The maximum atomic E-state index is 12.2. The molecule has 3 rings (SSSR count). The molecular formula is C18H25N5O2S. The van der Waals surface area contributed by atoms with Gasteiger partial charge in [0.25, 0.3) is 0 Å². The molecule has 8 heteroatoms. The van der Waals surface area contributed by atoms with E-state index in [-0.39, 0.29) is 24.2 Å². The first kappa shape index (κ1) is 18.6. The van der Waals surface area contributed by atoms with Crippen LogP contribution in [-0.4, -0.2) is 39.7 Å². The lowest BCUT2D eigenvalue weighted by molar-refractivity contribution is -0.120. The number of carbonyl (C=O) groups excluding carboxylic acids is 2. The number of aryl methyl sites for hydroxylation is 2. The summed E-state index contributed by atoms with van der Waals surface area (Å²) in [5.41, 5.74) is 2.86. The molecule has 0 saturated carbocycles. The number of anilines is 1. The molecule has 3 heterocycles. The smallest absolute Gasteiger partial charge is 0.228 e. The number of nitrogens with zero attached hydrogens (tertiary/aromatic N) is 4. The van der Waals surface area contributed by atoms with Crippen LogP contribution in [0.2, 0.25) is 0 Å². The largest absolute Gasteiger partial charge is 0.355 e. The zero-order valence-electron chi connectivity index (χ0n) is 15.5. The maximum absolute atomic E-state index is 12.2. The lowest BCUT2D eigenvalue weighted by Gasteiger charge is -2.14. The van der Waals surface area contributed by atoms with E-state index in [4.69, 9.17) is 0 Å². The Morgan fingerprint density at radius 1 is 1.42 bits per heavy atom. The minimum absolute atomic E-state index is 0.0465. The van der Waals surface area contributed by atoms with Crippen molar-refractivity contribution in [2.45, 2.75) is 46.6 Å². The first-order valence-corrected chi connectivity index (χ1v) is 9.83. The second-order valence-electron chi connectivity index (χ2n) is 6.97. The number of nitrogens with one attached hydrogen (secondary N) is 1. The summed E-state index contributed by atoms with van der Waals surface area (Å²) in [7, 11) is 0. The summed E-state index contributed by atoms with van der Waals surface area (Å²) in [4.78, 5) is 30.1. The molecule has 0 radical (unpaired) electrons. The average Bonchev–Trinajstić information content (AvgIpc) is 3.27. The summed E-state index contributed by atoms with van der Waals surface area (Å²) in [5.74, 6) is 0.355. The summed E-state index contributed by atoms with van der Waals surface area (Å²) >= 11 is 1.43. The highest BCUT2D eigenvalue weighted by molar-refractivity contribution is 7.14. The predicted molar refractivity (Wildman–Crippen MR) is 101 cm³/mol. The Bertz CT molecular complexity index is 797. The molecule has 2 aromatic rings. The van der Waals surface area contributed by atoms with Gasteiger partial charge in [-0.15, -0.1) is 11.3 Å². The van der Waals surface area contributed by atoms with E-state index in [9.17, 15) is 9.59 Å². The van der Waals surface area contributed by atoms with Gasteiger partial charge in [-0.25, -0.2) is 4.98 Å². The van der Waals surface area contributed by atoms with E-state index in [1.165, 1.54) is 11.3 Å². The fraction of sp³-hybridized carbons (Fsp3) is 0.556. The Kier molecular flexibility index (Phi) is 5.70. The van der Waals surface area contributed by atoms with Gasteiger partial charge in [0.05, 0.1) is 17.8 Å². The molecule has 0 unspecified atom stereocenters. The van der Waals surface area contributed by atoms with E-state index in [1.54, 1.807) is 4.90 Å². The van der Waals surface area contributed by atoms with Crippen LogP contribution in [0.15, 0.2) is 11.4 Å². The van der Waals surface area contributed by atoms with E-state index < -0.39 is 0 Å². The van der Waals surface area contributed by atoms with Gasteiger partial charge < -0.3 is 5.32 Å². The van der Waals surface area contributed by atoms with Crippen molar-refractivity contribution in [2.24, 2.45) is 5.92 Å². The highest BCUT2D eigenvalue weighted by Crippen LogP contribution is 2.25. The van der Waals surface area contributed by atoms with Gasteiger partial charge in [0.15, 0.2) is 5.13 Å². The fourth-order valence-corrected chi connectivity index (χ4v) is 3.95. The van der Waals surface area contributed by atoms with Crippen LogP contribution in [0.25, 0.3) is 0 Å². The van der Waals surface area contributed by atoms with E-state index >= 15 is 0 Å². The van der Waals surface area contributed by atoms with Gasteiger partial charge in [0, 0.05) is 37.1 Å². The zero-order chi connectivity index (χ0) is 18.7. The average molecular weight is 375 g/mol. The van der Waals surface area contributed by atoms with Gasteiger partial charge >= 0.3 is 0 Å². The molecule has 140 valence electrons. The number of rotatable bonds is 7. The highest BCUT2D eigenvalue weighted by Gasteiger charge is 2.24. The molecule has 7 nitrogen and oxygen atoms in total. The predicted octanol–water partition coefficient (Wildman–Crippen LogP) is 2.08. The van der Waals surface area contributed by atoms with Gasteiger partial charge in [-0.3, -0.25) is 19.2 Å². The molecule has 1 aliphatic heterocycles. The first-order valence-electron chi connectivity index (χ1n) is 8.95. The van der Waals surface area contributed by atoms with Gasteiger partial charge in [-0.2, -0.15) is 5.10 Å². The zero-order valence-corrected chi connectivity index (χ0v) is 16.3. The number of aromatic nitrogens is 3. The summed E-state index contributed by atoms with van der Waals surface area (Å²) in [6, 6.07) is 2.05. The molecule has 1 atom stereocenters. The number of hydrogen-bond acceptors (Lipinski definition) is 5. The van der Waals surface area contributed by atoms with Crippen LogP contribution >= 0.6 is 11.3 Å². The number of thiazole rings is 1. The van der Waals surface area contributed by atoms with Crippen LogP contribution in [0.3, 0.4) is 0 Å². The van der Waals surface area contributed by atoms with Crippen LogP contribution in [0.1, 0.15) is 36.8 Å². The van der Waals surface area contributed by atoms with Gasteiger partial charge in [0.2, 0.25) is 11.8 Å². The summed E-state index contributed by atoms with van der Waals surface area (Å²) in [5, 5.41) is 9.99. The first-order chi connectivity index (χ1) is 12.4. The molecule has 1 N–H and O–H groups in total. The molecule has 2 aromatic heterocycles. The third-order valence-electron chi connectivity index (χ3n) is 4.42. The van der Waals surface area contributed by atoms with Crippen molar-refractivity contribution in [1.29, 1.82) is 0 Å². The molecule has 0 spiro atoms. The van der Waals surface area contributed by atoms with Crippen molar-refractivity contribution >= 4 is 28.3 Å². The number of hydrogen-bond donors (Lipinski definition) is 1. The van der Waals surface area contributed by atoms with E-state index in [0.717, 1.165) is 30.9 Å². The van der Waals surface area contributed by atoms with Gasteiger partial charge in [0.1, 0.15) is 0 Å². The third-order valence-corrected chi connectivity index (χ3v) is 5.33. The highest BCUT2D eigenvalue weighted by atomic mass is 32.1. The van der Waals surface area contributed by atoms with Gasteiger partial charge in [-0.1, -0.05) is 6.92 Å². The Morgan fingerprint density at radius 2 is 2.23 bits per heavy atom. The SMILES string of the molecule is Cc1cc(C)n(C[C@@H](C)CNC(=O)Cc2csc(N3CCCC3=O)n2)n1. The minimum atomic E-state index is -0.0465. The molecule has 0 aliphatic carbocycles. The van der Waals surface area contributed by atoms with Crippen molar-refractivity contribution < 1.29 is 9.59 Å². The Hall–Kier alpha value is -2.22. The Balaban J connectivity index is 1.46. The molecule has 1 fully saturated rings. The van der Waals surface area contributed by atoms with E-state index in [1.807, 2.05) is 23.9 Å². The lowest BCUT2D eigenvalue weighted by atomic mass is 10.1. The second-order valence-corrected chi connectivity index (χ2v) is 7.80. The molecule has 26 heavy (non-hydrogen) atoms. The summed E-state index contributed by atoms with van der Waals surface area (Å²) in [6.45, 7) is 8.21. The van der Waals surface area contributed by atoms with Crippen molar-refractivity contribution in [3.05, 3.63) is 28.5 Å². The van der Waals surface area contributed by atoms with E-state index in [0.29, 0.717) is 23.8 Å².